The van der Waals surface area contributed by atoms with Gasteiger partial charge in [-0.05, 0) is 49.4 Å². The zero-order valence-electron chi connectivity index (χ0n) is 25.4. The van der Waals surface area contributed by atoms with Crippen molar-refractivity contribution in [2.75, 3.05) is 39.9 Å². The fraction of sp³-hybridized carbons (Fsp3) is 0.412. The molecular formula is C34H43N3O5S. The Balaban J connectivity index is 1.53. The van der Waals surface area contributed by atoms with Gasteiger partial charge in [-0.1, -0.05) is 85.3 Å². The van der Waals surface area contributed by atoms with Crippen molar-refractivity contribution >= 4 is 21.8 Å². The van der Waals surface area contributed by atoms with Gasteiger partial charge in [0.1, 0.15) is 0 Å². The summed E-state index contributed by atoms with van der Waals surface area (Å²) in [5.41, 5.74) is 3.11. The van der Waals surface area contributed by atoms with E-state index in [0.29, 0.717) is 38.9 Å². The number of sulfonamides is 1. The number of hydrogen-bond acceptors (Lipinski definition) is 5. The minimum absolute atomic E-state index is 0.0582. The quantitative estimate of drug-likeness (QED) is 0.278. The number of aryl methyl sites for hydroxylation is 1. The Kier molecular flexibility index (Phi) is 11.5. The number of ether oxygens (including phenoxy) is 1. The summed E-state index contributed by atoms with van der Waals surface area (Å²) in [4.78, 5) is 31.4. The Morgan fingerprint density at radius 3 is 2.12 bits per heavy atom. The molecule has 4 rings (SSSR count). The predicted molar refractivity (Wildman–Crippen MR) is 168 cm³/mol. The molecule has 9 heteroatoms. The van der Waals surface area contributed by atoms with E-state index in [9.17, 15) is 18.0 Å². The second-order valence-corrected chi connectivity index (χ2v) is 13.0. The topological polar surface area (TPSA) is 87.2 Å². The minimum atomic E-state index is -3.92. The van der Waals surface area contributed by atoms with Crippen LogP contribution in [0.3, 0.4) is 0 Å². The molecule has 1 aliphatic rings. The van der Waals surface area contributed by atoms with Gasteiger partial charge in [0.2, 0.25) is 21.8 Å². The Hall–Kier alpha value is -3.53. The molecule has 2 amide bonds. The number of rotatable bonds is 13. The van der Waals surface area contributed by atoms with Crippen molar-refractivity contribution in [1.82, 2.24) is 14.1 Å². The van der Waals surface area contributed by atoms with Crippen molar-refractivity contribution < 1.29 is 22.7 Å². The summed E-state index contributed by atoms with van der Waals surface area (Å²) in [6.07, 6.45) is 1.96. The molecule has 1 atom stereocenters. The molecule has 230 valence electrons. The van der Waals surface area contributed by atoms with Crippen molar-refractivity contribution in [1.29, 1.82) is 0 Å². The molecular weight excluding hydrogens is 562 g/mol. The van der Waals surface area contributed by atoms with E-state index in [1.807, 2.05) is 73.3 Å². The van der Waals surface area contributed by atoms with Crippen LogP contribution in [0.25, 0.3) is 0 Å². The van der Waals surface area contributed by atoms with Gasteiger partial charge < -0.3 is 14.5 Å². The lowest BCUT2D eigenvalue weighted by Crippen LogP contribution is -2.52. The maximum Gasteiger partial charge on any atom is 0.243 e. The van der Waals surface area contributed by atoms with Crippen molar-refractivity contribution in [3.05, 3.63) is 102 Å². The first-order chi connectivity index (χ1) is 20.7. The van der Waals surface area contributed by atoms with Gasteiger partial charge in [-0.2, -0.15) is 4.31 Å². The predicted octanol–water partition coefficient (Wildman–Crippen LogP) is 4.85. The van der Waals surface area contributed by atoms with E-state index in [2.05, 4.69) is 0 Å². The molecule has 0 radical (unpaired) electrons. The van der Waals surface area contributed by atoms with Gasteiger partial charge in [0.15, 0.2) is 0 Å². The van der Waals surface area contributed by atoms with Crippen molar-refractivity contribution in [2.45, 2.75) is 56.5 Å². The highest BCUT2D eigenvalue weighted by Gasteiger charge is 2.34. The summed E-state index contributed by atoms with van der Waals surface area (Å²) in [6, 6.07) is 25.9. The summed E-state index contributed by atoms with van der Waals surface area (Å²) in [5.74, 6) is -0.347. The van der Waals surface area contributed by atoms with Crippen LogP contribution in [0, 0.1) is 6.92 Å². The van der Waals surface area contributed by atoms with Gasteiger partial charge >= 0.3 is 0 Å². The third-order valence-electron chi connectivity index (χ3n) is 8.16. The molecule has 0 aliphatic carbocycles. The lowest BCUT2D eigenvalue weighted by Gasteiger charge is -2.40. The van der Waals surface area contributed by atoms with Crippen LogP contribution in [0.2, 0.25) is 0 Å². The molecule has 3 aromatic rings. The number of benzene rings is 3. The standard InChI is InChI=1S/C34H43N3O5S/c1-4-32(29-11-7-5-8-12-29)34(39)35-21-19-30(20-22-35)37(25-28-17-15-27(2)16-18-28)33(38)26-36(23-24-42-3)43(40,41)31-13-9-6-10-14-31/h5-18,30,32H,4,19-26H2,1-3H3/t32-/m0/s1. The van der Waals surface area contributed by atoms with Crippen LogP contribution in [0.5, 0.6) is 0 Å². The number of carbonyl (C=O) groups is 2. The molecule has 1 fully saturated rings. The van der Waals surface area contributed by atoms with Gasteiger partial charge in [-0.25, -0.2) is 8.42 Å². The van der Waals surface area contributed by atoms with Gasteiger partial charge in [0, 0.05) is 39.3 Å². The van der Waals surface area contributed by atoms with E-state index in [4.69, 9.17) is 4.74 Å². The van der Waals surface area contributed by atoms with E-state index in [1.165, 1.54) is 23.5 Å². The first-order valence-corrected chi connectivity index (χ1v) is 16.4. The van der Waals surface area contributed by atoms with E-state index >= 15 is 0 Å². The lowest BCUT2D eigenvalue weighted by atomic mass is 9.93. The van der Waals surface area contributed by atoms with E-state index in [-0.39, 0.29) is 48.4 Å². The number of hydrogen-bond donors (Lipinski definition) is 0. The number of methoxy groups -OCH3 is 1. The van der Waals surface area contributed by atoms with E-state index in [0.717, 1.165) is 16.7 Å². The Bertz CT molecular complexity index is 1420. The Morgan fingerprint density at radius 2 is 1.53 bits per heavy atom. The average molecular weight is 606 g/mol. The summed E-state index contributed by atoms with van der Waals surface area (Å²) >= 11 is 0. The molecule has 0 N–H and O–H groups in total. The lowest BCUT2D eigenvalue weighted by molar-refractivity contribution is -0.138. The van der Waals surface area contributed by atoms with Gasteiger partial charge in [-0.3, -0.25) is 9.59 Å². The van der Waals surface area contributed by atoms with E-state index in [1.54, 1.807) is 23.1 Å². The highest BCUT2D eigenvalue weighted by atomic mass is 32.2. The van der Waals surface area contributed by atoms with Gasteiger partial charge in [0.25, 0.3) is 0 Å². The van der Waals surface area contributed by atoms with Crippen LogP contribution in [0.4, 0.5) is 0 Å². The summed E-state index contributed by atoms with van der Waals surface area (Å²) in [7, 11) is -2.41. The summed E-state index contributed by atoms with van der Waals surface area (Å²) in [6.45, 7) is 5.42. The third-order valence-corrected chi connectivity index (χ3v) is 10.0. The Morgan fingerprint density at radius 1 is 0.930 bits per heavy atom. The molecule has 0 unspecified atom stereocenters. The smallest absolute Gasteiger partial charge is 0.243 e. The molecule has 1 heterocycles. The molecule has 1 saturated heterocycles. The SMILES string of the molecule is CC[C@H](C(=O)N1CCC(N(Cc2ccc(C)cc2)C(=O)CN(CCOC)S(=O)(=O)c2ccccc2)CC1)c1ccccc1. The molecule has 1 aliphatic heterocycles. The molecule has 43 heavy (non-hydrogen) atoms. The normalized spacial score (nSPS) is 14.9. The highest BCUT2D eigenvalue weighted by molar-refractivity contribution is 7.89. The largest absolute Gasteiger partial charge is 0.383 e. The number of likely N-dealkylation sites (tertiary alicyclic amines) is 1. The molecule has 8 nitrogen and oxygen atoms in total. The molecule has 0 saturated carbocycles. The zero-order valence-corrected chi connectivity index (χ0v) is 26.2. The second kappa shape index (κ2) is 15.3. The number of piperidine rings is 1. The van der Waals surface area contributed by atoms with Crippen LogP contribution >= 0.6 is 0 Å². The van der Waals surface area contributed by atoms with Crippen LogP contribution < -0.4 is 0 Å². The molecule has 0 bridgehead atoms. The third kappa shape index (κ3) is 8.31. The maximum absolute atomic E-state index is 14.0. The Labute approximate surface area is 256 Å². The van der Waals surface area contributed by atoms with Crippen LogP contribution in [-0.4, -0.2) is 80.3 Å². The fourth-order valence-corrected chi connectivity index (χ4v) is 7.02. The van der Waals surface area contributed by atoms with Crippen LogP contribution in [0.1, 0.15) is 48.8 Å². The fourth-order valence-electron chi connectivity index (χ4n) is 5.63. The second-order valence-electron chi connectivity index (χ2n) is 11.1. The average Bonchev–Trinajstić information content (AvgIpc) is 3.04. The number of nitrogens with zero attached hydrogens (tertiary/aromatic N) is 3. The highest BCUT2D eigenvalue weighted by Crippen LogP contribution is 2.27. The first kappa shape index (κ1) is 32.4. The van der Waals surface area contributed by atoms with Crippen LogP contribution in [-0.2, 0) is 30.9 Å². The monoisotopic (exact) mass is 605 g/mol. The maximum atomic E-state index is 14.0. The van der Waals surface area contributed by atoms with Crippen molar-refractivity contribution in [2.24, 2.45) is 0 Å². The molecule has 3 aromatic carbocycles. The van der Waals surface area contributed by atoms with Gasteiger partial charge in [-0.15, -0.1) is 0 Å². The van der Waals surface area contributed by atoms with Crippen molar-refractivity contribution in [3.63, 3.8) is 0 Å². The summed E-state index contributed by atoms with van der Waals surface area (Å²) < 4.78 is 33.5. The minimum Gasteiger partial charge on any atom is -0.383 e. The number of amides is 2. The molecule has 0 spiro atoms. The number of carbonyl (C=O) groups excluding carboxylic acids is 2. The van der Waals surface area contributed by atoms with E-state index < -0.39 is 10.0 Å². The summed E-state index contributed by atoms with van der Waals surface area (Å²) in [5, 5.41) is 0. The first-order valence-electron chi connectivity index (χ1n) is 15.0. The van der Waals surface area contributed by atoms with Crippen molar-refractivity contribution in [3.8, 4) is 0 Å². The van der Waals surface area contributed by atoms with Crippen LogP contribution in [0.15, 0.2) is 89.8 Å². The zero-order chi connectivity index (χ0) is 30.8. The molecule has 0 aromatic heterocycles. The van der Waals surface area contributed by atoms with Gasteiger partial charge in [0.05, 0.1) is 24.0 Å².